The number of hydrogen-bond donors (Lipinski definition) is 0. The van der Waals surface area contributed by atoms with E-state index in [-0.39, 0.29) is 0 Å². The zero-order chi connectivity index (χ0) is 13.8. The van der Waals surface area contributed by atoms with Gasteiger partial charge in [-0.15, -0.1) is 0 Å². The van der Waals surface area contributed by atoms with Gasteiger partial charge in [0.25, 0.3) is 0 Å². The Morgan fingerprint density at radius 3 is 2.75 bits per heavy atom. The molecule has 1 heterocycles. The Labute approximate surface area is 121 Å². The third-order valence-corrected chi connectivity index (χ3v) is 3.92. The van der Waals surface area contributed by atoms with Crippen molar-refractivity contribution < 1.29 is 4.74 Å². The van der Waals surface area contributed by atoms with Gasteiger partial charge in [0.15, 0.2) is 0 Å². The van der Waals surface area contributed by atoms with E-state index in [1.54, 1.807) is 0 Å². The second-order valence-electron chi connectivity index (χ2n) is 5.33. The lowest BCUT2D eigenvalue weighted by Gasteiger charge is -2.31. The average Bonchev–Trinajstić information content (AvgIpc) is 2.49. The number of para-hydroxylation sites is 2. The number of benzene rings is 2. The molecule has 0 unspecified atom stereocenters. The Bertz CT molecular complexity index is 579. The normalized spacial score (nSPS) is 13.9. The van der Waals surface area contributed by atoms with E-state index in [0.717, 1.165) is 25.4 Å². The minimum absolute atomic E-state index is 0.735. The first-order chi connectivity index (χ1) is 9.84. The second kappa shape index (κ2) is 6.00. The molecule has 0 saturated heterocycles. The molecule has 0 atom stereocenters. The van der Waals surface area contributed by atoms with Crippen LogP contribution in [0, 0.1) is 6.92 Å². The Kier molecular flexibility index (Phi) is 3.91. The van der Waals surface area contributed by atoms with Gasteiger partial charge in [0.2, 0.25) is 0 Å². The lowest BCUT2D eigenvalue weighted by molar-refractivity contribution is 0.320. The van der Waals surface area contributed by atoms with Crippen LogP contribution in [0.5, 0.6) is 5.75 Å². The molecule has 2 heteroatoms. The summed E-state index contributed by atoms with van der Waals surface area (Å²) in [6.07, 6.45) is 2.44. The molecule has 0 spiro atoms. The summed E-state index contributed by atoms with van der Waals surface area (Å²) in [4.78, 5) is 2.44. The minimum Gasteiger partial charge on any atom is -0.491 e. The monoisotopic (exact) mass is 267 g/mol. The summed E-state index contributed by atoms with van der Waals surface area (Å²) in [6, 6.07) is 16.9. The number of nitrogens with zero attached hydrogens (tertiary/aromatic N) is 1. The maximum absolute atomic E-state index is 5.91. The zero-order valence-electron chi connectivity index (χ0n) is 12.0. The molecule has 0 saturated carbocycles. The van der Waals surface area contributed by atoms with Crippen molar-refractivity contribution in [1.29, 1.82) is 0 Å². The summed E-state index contributed by atoms with van der Waals surface area (Å²) >= 11 is 0. The van der Waals surface area contributed by atoms with Gasteiger partial charge in [-0.3, -0.25) is 0 Å². The second-order valence-corrected chi connectivity index (χ2v) is 5.33. The van der Waals surface area contributed by atoms with Crippen molar-refractivity contribution in [3.63, 3.8) is 0 Å². The Morgan fingerprint density at radius 2 is 1.85 bits per heavy atom. The van der Waals surface area contributed by atoms with Gasteiger partial charge in [-0.05, 0) is 43.0 Å². The first kappa shape index (κ1) is 13.0. The first-order valence-electron chi connectivity index (χ1n) is 7.36. The molecule has 0 fully saturated rings. The molecule has 1 aliphatic heterocycles. The van der Waals surface area contributed by atoms with Crippen molar-refractivity contribution in [2.75, 3.05) is 24.6 Å². The van der Waals surface area contributed by atoms with Crippen LogP contribution < -0.4 is 9.64 Å². The Morgan fingerprint density at radius 1 is 1.05 bits per heavy atom. The molecule has 0 amide bonds. The van der Waals surface area contributed by atoms with Gasteiger partial charge in [0.1, 0.15) is 12.4 Å². The zero-order valence-corrected chi connectivity index (χ0v) is 12.0. The molecule has 0 radical (unpaired) electrons. The molecule has 2 nitrogen and oxygen atoms in total. The molecule has 0 bridgehead atoms. The van der Waals surface area contributed by atoms with Gasteiger partial charge in [-0.2, -0.15) is 0 Å². The van der Waals surface area contributed by atoms with E-state index >= 15 is 0 Å². The van der Waals surface area contributed by atoms with Gasteiger partial charge in [0.05, 0.1) is 6.54 Å². The van der Waals surface area contributed by atoms with Crippen LogP contribution in [0.4, 0.5) is 5.69 Å². The summed E-state index contributed by atoms with van der Waals surface area (Å²) in [5.41, 5.74) is 4.05. The highest BCUT2D eigenvalue weighted by Crippen LogP contribution is 2.26. The summed E-state index contributed by atoms with van der Waals surface area (Å²) in [5, 5.41) is 0. The lowest BCUT2D eigenvalue weighted by atomic mass is 10.0. The third-order valence-electron chi connectivity index (χ3n) is 3.92. The van der Waals surface area contributed by atoms with Gasteiger partial charge >= 0.3 is 0 Å². The standard InChI is InChI=1S/C18H21NO/c1-15-7-2-5-11-18(15)20-14-13-19-12-6-9-16-8-3-4-10-17(16)19/h2-5,7-8,10-11H,6,9,12-14H2,1H3. The van der Waals surface area contributed by atoms with Crippen LogP contribution in [0.1, 0.15) is 17.5 Å². The minimum atomic E-state index is 0.735. The van der Waals surface area contributed by atoms with E-state index in [1.165, 1.54) is 29.7 Å². The van der Waals surface area contributed by atoms with Crippen molar-refractivity contribution >= 4 is 5.69 Å². The molecule has 1 aliphatic rings. The molecule has 2 aromatic rings. The highest BCUT2D eigenvalue weighted by Gasteiger charge is 2.15. The maximum atomic E-state index is 5.91. The molecule has 104 valence electrons. The highest BCUT2D eigenvalue weighted by molar-refractivity contribution is 5.55. The predicted octanol–water partition coefficient (Wildman–Crippen LogP) is 3.83. The summed E-state index contributed by atoms with van der Waals surface area (Å²) in [7, 11) is 0. The average molecular weight is 267 g/mol. The van der Waals surface area contributed by atoms with E-state index in [4.69, 9.17) is 4.74 Å². The molecule has 20 heavy (non-hydrogen) atoms. The molecular formula is C18H21NO. The van der Waals surface area contributed by atoms with Crippen LogP contribution in [0.2, 0.25) is 0 Å². The molecule has 3 rings (SSSR count). The van der Waals surface area contributed by atoms with Crippen LogP contribution >= 0.6 is 0 Å². The highest BCUT2D eigenvalue weighted by atomic mass is 16.5. The summed E-state index contributed by atoms with van der Waals surface area (Å²) in [5.74, 6) is 0.998. The molecule has 0 aromatic heterocycles. The van der Waals surface area contributed by atoms with E-state index in [1.807, 2.05) is 18.2 Å². The SMILES string of the molecule is Cc1ccccc1OCCN1CCCc2ccccc21. The fourth-order valence-electron chi connectivity index (χ4n) is 2.83. The van der Waals surface area contributed by atoms with Crippen molar-refractivity contribution in [3.05, 3.63) is 59.7 Å². The summed E-state index contributed by atoms with van der Waals surface area (Å²) < 4.78 is 5.91. The Balaban J connectivity index is 1.61. The molecule has 0 N–H and O–H groups in total. The van der Waals surface area contributed by atoms with Crippen molar-refractivity contribution in [3.8, 4) is 5.75 Å². The molecule has 2 aromatic carbocycles. The lowest BCUT2D eigenvalue weighted by Crippen LogP contribution is -2.33. The summed E-state index contributed by atoms with van der Waals surface area (Å²) in [6.45, 7) is 4.91. The van der Waals surface area contributed by atoms with Crippen molar-refractivity contribution in [2.45, 2.75) is 19.8 Å². The first-order valence-corrected chi connectivity index (χ1v) is 7.36. The Hall–Kier alpha value is -1.96. The van der Waals surface area contributed by atoms with Crippen molar-refractivity contribution in [1.82, 2.24) is 0 Å². The number of aryl methyl sites for hydroxylation is 2. The molecule has 0 aliphatic carbocycles. The smallest absolute Gasteiger partial charge is 0.122 e. The quantitative estimate of drug-likeness (QED) is 0.835. The van der Waals surface area contributed by atoms with E-state index in [9.17, 15) is 0 Å². The van der Waals surface area contributed by atoms with Gasteiger partial charge in [0, 0.05) is 12.2 Å². The maximum Gasteiger partial charge on any atom is 0.122 e. The van der Waals surface area contributed by atoms with Crippen LogP contribution in [-0.2, 0) is 6.42 Å². The van der Waals surface area contributed by atoms with Gasteiger partial charge in [-0.25, -0.2) is 0 Å². The largest absolute Gasteiger partial charge is 0.491 e. The van der Waals surface area contributed by atoms with Crippen LogP contribution in [0.3, 0.4) is 0 Å². The number of hydrogen-bond acceptors (Lipinski definition) is 2. The third kappa shape index (κ3) is 2.79. The van der Waals surface area contributed by atoms with Crippen molar-refractivity contribution in [2.24, 2.45) is 0 Å². The van der Waals surface area contributed by atoms with Crippen LogP contribution in [0.25, 0.3) is 0 Å². The van der Waals surface area contributed by atoms with E-state index in [2.05, 4.69) is 42.2 Å². The van der Waals surface area contributed by atoms with E-state index < -0.39 is 0 Å². The number of rotatable bonds is 4. The topological polar surface area (TPSA) is 12.5 Å². The number of anilines is 1. The molecular weight excluding hydrogens is 246 g/mol. The fraction of sp³-hybridized carbons (Fsp3) is 0.333. The number of fused-ring (bicyclic) bond motifs is 1. The van der Waals surface area contributed by atoms with Gasteiger partial charge in [-0.1, -0.05) is 36.4 Å². The predicted molar refractivity (Wildman–Crippen MR) is 83.7 cm³/mol. The van der Waals surface area contributed by atoms with Crippen LogP contribution in [-0.4, -0.2) is 19.7 Å². The van der Waals surface area contributed by atoms with Crippen LogP contribution in [0.15, 0.2) is 48.5 Å². The fourth-order valence-corrected chi connectivity index (χ4v) is 2.83. The van der Waals surface area contributed by atoms with Gasteiger partial charge < -0.3 is 9.64 Å². The van der Waals surface area contributed by atoms with E-state index in [0.29, 0.717) is 0 Å². The number of ether oxygens (including phenoxy) is 1.